The number of anilines is 1. The van der Waals surface area contributed by atoms with Crippen molar-refractivity contribution >= 4 is 28.3 Å². The average Bonchev–Trinajstić information content (AvgIpc) is 3.09. The standard InChI is InChI=1S/C18H17N3O3/c1-3-21-11-14(10-19-21)17(22)20-16-9-13-7-5-4-6-12(13)8-15(16)18(23)24-2/h4-11H,3H2,1-2H3,(H,20,22). The van der Waals surface area contributed by atoms with Crippen LogP contribution in [-0.4, -0.2) is 28.8 Å². The number of benzene rings is 2. The van der Waals surface area contributed by atoms with Crippen molar-refractivity contribution in [2.45, 2.75) is 13.5 Å². The molecular formula is C18H17N3O3. The van der Waals surface area contributed by atoms with E-state index < -0.39 is 5.97 Å². The van der Waals surface area contributed by atoms with Gasteiger partial charge in [0.25, 0.3) is 5.91 Å². The molecule has 122 valence electrons. The normalized spacial score (nSPS) is 10.6. The fourth-order valence-corrected chi connectivity index (χ4v) is 2.47. The Balaban J connectivity index is 2.00. The maximum Gasteiger partial charge on any atom is 0.339 e. The van der Waals surface area contributed by atoms with Crippen LogP contribution in [0.1, 0.15) is 27.6 Å². The molecule has 0 atom stereocenters. The summed E-state index contributed by atoms with van der Waals surface area (Å²) in [6.07, 6.45) is 3.16. The van der Waals surface area contributed by atoms with E-state index in [9.17, 15) is 9.59 Å². The molecule has 2 aromatic carbocycles. The van der Waals surface area contributed by atoms with Crippen LogP contribution in [0.4, 0.5) is 5.69 Å². The molecule has 0 bridgehead atoms. The Hall–Kier alpha value is -3.15. The molecule has 3 rings (SSSR count). The zero-order valence-electron chi connectivity index (χ0n) is 13.4. The van der Waals surface area contributed by atoms with Crippen LogP contribution < -0.4 is 5.32 Å². The third-order valence-electron chi connectivity index (χ3n) is 3.76. The number of carbonyl (C=O) groups is 2. The SMILES string of the molecule is CCn1cc(C(=O)Nc2cc3ccccc3cc2C(=O)OC)cn1. The molecular weight excluding hydrogens is 306 g/mol. The predicted molar refractivity (Wildman–Crippen MR) is 91.1 cm³/mol. The number of esters is 1. The highest BCUT2D eigenvalue weighted by Crippen LogP contribution is 2.25. The van der Waals surface area contributed by atoms with Gasteiger partial charge in [0, 0.05) is 12.7 Å². The molecule has 0 aliphatic heterocycles. The lowest BCUT2D eigenvalue weighted by Gasteiger charge is -2.11. The zero-order chi connectivity index (χ0) is 17.1. The van der Waals surface area contributed by atoms with Gasteiger partial charge in [0.15, 0.2) is 0 Å². The Morgan fingerprint density at radius 2 is 1.92 bits per heavy atom. The van der Waals surface area contributed by atoms with Crippen LogP contribution in [0.3, 0.4) is 0 Å². The van der Waals surface area contributed by atoms with Gasteiger partial charge in [-0.3, -0.25) is 9.48 Å². The van der Waals surface area contributed by atoms with Crippen molar-refractivity contribution in [2.75, 3.05) is 12.4 Å². The highest BCUT2D eigenvalue weighted by atomic mass is 16.5. The summed E-state index contributed by atoms with van der Waals surface area (Å²) in [7, 11) is 1.31. The molecule has 1 heterocycles. The summed E-state index contributed by atoms with van der Waals surface area (Å²) in [4.78, 5) is 24.5. The zero-order valence-corrected chi connectivity index (χ0v) is 13.4. The maximum atomic E-state index is 12.4. The third kappa shape index (κ3) is 2.99. The maximum absolute atomic E-state index is 12.4. The van der Waals surface area contributed by atoms with Crippen molar-refractivity contribution in [3.05, 3.63) is 59.9 Å². The minimum Gasteiger partial charge on any atom is -0.465 e. The molecule has 0 unspecified atom stereocenters. The van der Waals surface area contributed by atoms with E-state index in [4.69, 9.17) is 4.74 Å². The van der Waals surface area contributed by atoms with E-state index in [0.717, 1.165) is 10.8 Å². The highest BCUT2D eigenvalue weighted by Gasteiger charge is 2.17. The number of nitrogens with one attached hydrogen (secondary N) is 1. The van der Waals surface area contributed by atoms with Gasteiger partial charge in [-0.1, -0.05) is 24.3 Å². The van der Waals surface area contributed by atoms with Gasteiger partial charge in [-0.15, -0.1) is 0 Å². The molecule has 0 saturated heterocycles. The Morgan fingerprint density at radius 1 is 1.21 bits per heavy atom. The summed E-state index contributed by atoms with van der Waals surface area (Å²) in [6.45, 7) is 2.62. The minimum absolute atomic E-state index is 0.312. The fraction of sp³-hybridized carbons (Fsp3) is 0.167. The van der Waals surface area contributed by atoms with E-state index in [1.165, 1.54) is 13.3 Å². The lowest BCUT2D eigenvalue weighted by Crippen LogP contribution is -2.15. The molecule has 1 amide bonds. The number of nitrogens with zero attached hydrogens (tertiary/aromatic N) is 2. The van der Waals surface area contributed by atoms with Gasteiger partial charge in [0.1, 0.15) is 0 Å². The smallest absolute Gasteiger partial charge is 0.339 e. The lowest BCUT2D eigenvalue weighted by atomic mass is 10.0. The number of fused-ring (bicyclic) bond motifs is 1. The Bertz CT molecular complexity index is 915. The molecule has 0 aliphatic rings. The second kappa shape index (κ2) is 6.54. The molecule has 0 aliphatic carbocycles. The van der Waals surface area contributed by atoms with Crippen molar-refractivity contribution < 1.29 is 14.3 Å². The van der Waals surface area contributed by atoms with Crippen LogP contribution in [0.15, 0.2) is 48.8 Å². The van der Waals surface area contributed by atoms with Crippen LogP contribution in [0.5, 0.6) is 0 Å². The van der Waals surface area contributed by atoms with Gasteiger partial charge in [0.05, 0.1) is 30.1 Å². The molecule has 6 heteroatoms. The van der Waals surface area contributed by atoms with E-state index in [2.05, 4.69) is 10.4 Å². The number of rotatable bonds is 4. The van der Waals surface area contributed by atoms with Gasteiger partial charge < -0.3 is 10.1 Å². The summed E-state index contributed by atoms with van der Waals surface area (Å²) in [6, 6.07) is 11.1. The van der Waals surface area contributed by atoms with E-state index in [-0.39, 0.29) is 5.91 Å². The Labute approximate surface area is 139 Å². The van der Waals surface area contributed by atoms with Crippen LogP contribution in [0, 0.1) is 0 Å². The van der Waals surface area contributed by atoms with Crippen LogP contribution in [-0.2, 0) is 11.3 Å². The molecule has 3 aromatic rings. The number of amides is 1. The second-order valence-corrected chi connectivity index (χ2v) is 5.28. The van der Waals surface area contributed by atoms with Crippen molar-refractivity contribution in [1.82, 2.24) is 9.78 Å². The molecule has 0 fully saturated rings. The molecule has 0 spiro atoms. The van der Waals surface area contributed by atoms with Gasteiger partial charge in [-0.05, 0) is 29.8 Å². The Kier molecular flexibility index (Phi) is 4.29. The Morgan fingerprint density at radius 3 is 2.54 bits per heavy atom. The number of hydrogen-bond donors (Lipinski definition) is 1. The number of aromatic nitrogens is 2. The number of hydrogen-bond acceptors (Lipinski definition) is 4. The van der Waals surface area contributed by atoms with Gasteiger partial charge in [0.2, 0.25) is 0 Å². The summed E-state index contributed by atoms with van der Waals surface area (Å²) in [5.41, 5.74) is 1.16. The molecule has 6 nitrogen and oxygen atoms in total. The van der Waals surface area contributed by atoms with Gasteiger partial charge in [-0.2, -0.15) is 5.10 Å². The molecule has 0 saturated carbocycles. The van der Waals surface area contributed by atoms with E-state index in [1.54, 1.807) is 23.0 Å². The van der Waals surface area contributed by atoms with Crippen LogP contribution in [0.25, 0.3) is 10.8 Å². The molecule has 1 N–H and O–H groups in total. The lowest BCUT2D eigenvalue weighted by molar-refractivity contribution is 0.0602. The van der Waals surface area contributed by atoms with Gasteiger partial charge in [-0.25, -0.2) is 4.79 Å². The van der Waals surface area contributed by atoms with Crippen LogP contribution >= 0.6 is 0 Å². The molecule has 24 heavy (non-hydrogen) atoms. The second-order valence-electron chi connectivity index (χ2n) is 5.28. The van der Waals surface area contributed by atoms with Crippen molar-refractivity contribution in [2.24, 2.45) is 0 Å². The average molecular weight is 323 g/mol. The summed E-state index contributed by atoms with van der Waals surface area (Å²) in [5, 5.41) is 8.68. The van der Waals surface area contributed by atoms with E-state index in [1.807, 2.05) is 31.2 Å². The third-order valence-corrected chi connectivity index (χ3v) is 3.76. The number of carbonyl (C=O) groups excluding carboxylic acids is 2. The first kappa shape index (κ1) is 15.7. The minimum atomic E-state index is -0.500. The first-order valence-corrected chi connectivity index (χ1v) is 7.57. The molecule has 1 aromatic heterocycles. The largest absolute Gasteiger partial charge is 0.465 e. The molecule has 0 radical (unpaired) electrons. The van der Waals surface area contributed by atoms with E-state index in [0.29, 0.717) is 23.4 Å². The predicted octanol–water partition coefficient (Wildman–Crippen LogP) is 3.10. The summed E-state index contributed by atoms with van der Waals surface area (Å²) < 4.78 is 6.49. The van der Waals surface area contributed by atoms with E-state index >= 15 is 0 Å². The first-order valence-electron chi connectivity index (χ1n) is 7.57. The van der Waals surface area contributed by atoms with Crippen molar-refractivity contribution in [3.8, 4) is 0 Å². The monoisotopic (exact) mass is 323 g/mol. The fourth-order valence-electron chi connectivity index (χ4n) is 2.47. The van der Waals surface area contributed by atoms with Crippen molar-refractivity contribution in [3.63, 3.8) is 0 Å². The number of methoxy groups -OCH3 is 1. The van der Waals surface area contributed by atoms with Crippen molar-refractivity contribution in [1.29, 1.82) is 0 Å². The first-order chi connectivity index (χ1) is 11.6. The van der Waals surface area contributed by atoms with Crippen LogP contribution in [0.2, 0.25) is 0 Å². The summed E-state index contributed by atoms with van der Waals surface area (Å²) >= 11 is 0. The quantitative estimate of drug-likeness (QED) is 0.749. The highest BCUT2D eigenvalue weighted by molar-refractivity contribution is 6.10. The van der Waals surface area contributed by atoms with Gasteiger partial charge >= 0.3 is 5.97 Å². The summed E-state index contributed by atoms with van der Waals surface area (Å²) in [5.74, 6) is -0.824. The number of aryl methyl sites for hydroxylation is 1. The number of ether oxygens (including phenoxy) is 1. The topological polar surface area (TPSA) is 73.2 Å².